The number of rotatable bonds is 13. The third-order valence-electron chi connectivity index (χ3n) is 4.20. The Morgan fingerprint density at radius 2 is 1.31 bits per heavy atom. The first kappa shape index (κ1) is 30.0. The van der Waals surface area contributed by atoms with Crippen LogP contribution >= 0.6 is 0 Å². The highest BCUT2D eigenvalue weighted by atomic mass is 16.6. The summed E-state index contributed by atoms with van der Waals surface area (Å²) in [6.07, 6.45) is 3.42. The fraction of sp³-hybridized carbons (Fsp3) is 0.870. The lowest BCUT2D eigenvalue weighted by molar-refractivity contribution is -0.122. The molecular weight excluding hydrogens is 414 g/mol. The summed E-state index contributed by atoms with van der Waals surface area (Å²) in [6.45, 7) is 13.1. The van der Waals surface area contributed by atoms with Crippen LogP contribution in [0.1, 0.15) is 73.6 Å². The molecule has 0 spiro atoms. The van der Waals surface area contributed by atoms with Crippen LogP contribution in [0.25, 0.3) is 0 Å². The van der Waals surface area contributed by atoms with Crippen molar-refractivity contribution in [3.05, 3.63) is 0 Å². The number of ether oxygens (including phenoxy) is 3. The molecule has 0 aromatic carbocycles. The topological polar surface area (TPSA) is 97.4 Å². The van der Waals surface area contributed by atoms with E-state index in [4.69, 9.17) is 14.2 Å². The Hall–Kier alpha value is -2.03. The van der Waals surface area contributed by atoms with E-state index in [1.807, 2.05) is 20.8 Å². The predicted octanol–water partition coefficient (Wildman–Crippen LogP) is 3.80. The van der Waals surface area contributed by atoms with Gasteiger partial charge in [-0.05, 0) is 54.4 Å². The molecule has 0 aliphatic carbocycles. The number of hydrogen-bond acceptors (Lipinski definition) is 6. The molecule has 0 saturated heterocycles. The fourth-order valence-electron chi connectivity index (χ4n) is 2.55. The highest BCUT2D eigenvalue weighted by molar-refractivity contribution is 5.76. The Bertz CT molecular complexity index is 569. The maximum Gasteiger partial charge on any atom is 0.410 e. The highest BCUT2D eigenvalue weighted by Crippen LogP contribution is 2.09. The first-order valence-corrected chi connectivity index (χ1v) is 11.4. The number of carbonyl (C=O) groups is 3. The zero-order valence-corrected chi connectivity index (χ0v) is 21.4. The van der Waals surface area contributed by atoms with Crippen LogP contribution in [0.3, 0.4) is 0 Å². The van der Waals surface area contributed by atoms with Crippen molar-refractivity contribution >= 4 is 18.1 Å². The molecule has 0 fully saturated rings. The first-order valence-electron chi connectivity index (χ1n) is 11.4. The largest absolute Gasteiger partial charge is 0.447 e. The second-order valence-corrected chi connectivity index (χ2v) is 10.0. The van der Waals surface area contributed by atoms with E-state index >= 15 is 0 Å². The summed E-state index contributed by atoms with van der Waals surface area (Å²) < 4.78 is 15.9. The van der Waals surface area contributed by atoms with Gasteiger partial charge in [-0.15, -0.1) is 0 Å². The second-order valence-electron chi connectivity index (χ2n) is 10.0. The number of hydrogen-bond donors (Lipinski definition) is 1. The average molecular weight is 460 g/mol. The Morgan fingerprint density at radius 3 is 1.88 bits per heavy atom. The zero-order chi connectivity index (χ0) is 24.8. The van der Waals surface area contributed by atoms with Gasteiger partial charge in [0.2, 0.25) is 5.91 Å². The molecule has 0 rings (SSSR count). The van der Waals surface area contributed by atoms with Gasteiger partial charge in [-0.3, -0.25) is 4.79 Å². The molecule has 0 aliphatic rings. The van der Waals surface area contributed by atoms with Gasteiger partial charge in [-0.25, -0.2) is 9.59 Å². The number of unbranched alkanes of at least 4 members (excludes halogenated alkanes) is 3. The molecule has 0 saturated carbocycles. The fourth-order valence-corrected chi connectivity index (χ4v) is 2.55. The van der Waals surface area contributed by atoms with Gasteiger partial charge in [0.05, 0.1) is 6.61 Å². The van der Waals surface area contributed by atoms with Crippen LogP contribution < -0.4 is 5.32 Å². The van der Waals surface area contributed by atoms with Crippen molar-refractivity contribution in [1.29, 1.82) is 0 Å². The number of amides is 3. The molecule has 0 aromatic heterocycles. The summed E-state index contributed by atoms with van der Waals surface area (Å²) >= 11 is 0. The Balaban J connectivity index is 3.70. The van der Waals surface area contributed by atoms with E-state index in [1.54, 1.807) is 34.9 Å². The standard InChI is InChI=1S/C23H45N3O6/c1-22(2,3)24-19(27)13-11-9-10-12-16-30-17-18-31-20(28)25(7)14-15-26(8)21(29)32-23(4,5)6/h9-18H2,1-8H3,(H,24,27). The molecule has 0 bridgehead atoms. The predicted molar refractivity (Wildman–Crippen MR) is 125 cm³/mol. The van der Waals surface area contributed by atoms with E-state index in [2.05, 4.69) is 5.32 Å². The molecular formula is C23H45N3O6. The minimum absolute atomic E-state index is 0.0945. The van der Waals surface area contributed by atoms with E-state index in [0.29, 0.717) is 32.7 Å². The van der Waals surface area contributed by atoms with Crippen LogP contribution in [0, 0.1) is 0 Å². The molecule has 9 nitrogen and oxygen atoms in total. The van der Waals surface area contributed by atoms with Crippen molar-refractivity contribution in [3.63, 3.8) is 0 Å². The van der Waals surface area contributed by atoms with E-state index in [1.165, 1.54) is 9.80 Å². The number of likely N-dealkylation sites (N-methyl/N-ethyl adjacent to an activating group) is 2. The second kappa shape index (κ2) is 14.9. The molecule has 188 valence electrons. The van der Waals surface area contributed by atoms with Gasteiger partial charge in [0.15, 0.2) is 0 Å². The monoisotopic (exact) mass is 459 g/mol. The normalized spacial score (nSPS) is 11.6. The summed E-state index contributed by atoms with van der Waals surface area (Å²) in [7, 11) is 3.25. The quantitative estimate of drug-likeness (QED) is 0.421. The van der Waals surface area contributed by atoms with Gasteiger partial charge >= 0.3 is 12.2 Å². The molecule has 0 aliphatic heterocycles. The van der Waals surface area contributed by atoms with E-state index < -0.39 is 17.8 Å². The van der Waals surface area contributed by atoms with Gasteiger partial charge < -0.3 is 29.3 Å². The minimum Gasteiger partial charge on any atom is -0.447 e. The van der Waals surface area contributed by atoms with Crippen LogP contribution in [0.15, 0.2) is 0 Å². The van der Waals surface area contributed by atoms with E-state index in [9.17, 15) is 14.4 Å². The van der Waals surface area contributed by atoms with Crippen LogP contribution in [-0.2, 0) is 19.0 Å². The van der Waals surface area contributed by atoms with Crippen LogP contribution in [-0.4, -0.2) is 86.0 Å². The zero-order valence-electron chi connectivity index (χ0n) is 21.4. The lowest BCUT2D eigenvalue weighted by Gasteiger charge is -2.26. The third-order valence-corrected chi connectivity index (χ3v) is 4.20. The first-order chi connectivity index (χ1) is 14.7. The molecule has 0 radical (unpaired) electrons. The maximum absolute atomic E-state index is 12.0. The summed E-state index contributed by atoms with van der Waals surface area (Å²) in [6, 6.07) is 0. The lowest BCUT2D eigenvalue weighted by Crippen LogP contribution is -2.40. The van der Waals surface area contributed by atoms with Gasteiger partial charge in [0, 0.05) is 45.8 Å². The molecule has 32 heavy (non-hydrogen) atoms. The Kier molecular flexibility index (Phi) is 14.0. The Labute approximate surface area is 194 Å². The van der Waals surface area contributed by atoms with Gasteiger partial charge in [0.1, 0.15) is 12.2 Å². The van der Waals surface area contributed by atoms with Crippen molar-refractivity contribution in [2.75, 3.05) is 47.0 Å². The molecule has 3 amide bonds. The van der Waals surface area contributed by atoms with Crippen molar-refractivity contribution in [3.8, 4) is 0 Å². The lowest BCUT2D eigenvalue weighted by atomic mass is 10.1. The molecule has 9 heteroatoms. The third kappa shape index (κ3) is 17.6. The SMILES string of the molecule is CN(CCN(C)C(=O)OC(C)(C)C)C(=O)OCCOCCCCCCC(=O)NC(C)(C)C. The molecule has 0 atom stereocenters. The van der Waals surface area contributed by atoms with E-state index in [-0.39, 0.29) is 18.1 Å². The maximum atomic E-state index is 12.0. The van der Waals surface area contributed by atoms with Gasteiger partial charge in [-0.1, -0.05) is 12.8 Å². The molecule has 1 N–H and O–H groups in total. The van der Waals surface area contributed by atoms with Crippen molar-refractivity contribution in [2.45, 2.75) is 84.8 Å². The van der Waals surface area contributed by atoms with Gasteiger partial charge in [0.25, 0.3) is 0 Å². The van der Waals surface area contributed by atoms with Crippen LogP contribution in [0.4, 0.5) is 9.59 Å². The molecule has 0 unspecified atom stereocenters. The summed E-state index contributed by atoms with van der Waals surface area (Å²) in [4.78, 5) is 38.5. The molecule has 0 aromatic rings. The average Bonchev–Trinajstić information content (AvgIpc) is 2.64. The van der Waals surface area contributed by atoms with E-state index in [0.717, 1.165) is 25.7 Å². The van der Waals surface area contributed by atoms with Crippen molar-refractivity contribution in [1.82, 2.24) is 15.1 Å². The summed E-state index contributed by atoms with van der Waals surface area (Å²) in [5.41, 5.74) is -0.738. The van der Waals surface area contributed by atoms with Crippen molar-refractivity contribution in [2.24, 2.45) is 0 Å². The number of nitrogens with zero attached hydrogens (tertiary/aromatic N) is 2. The number of carbonyl (C=O) groups excluding carboxylic acids is 3. The smallest absolute Gasteiger partial charge is 0.410 e. The minimum atomic E-state index is -0.557. The van der Waals surface area contributed by atoms with Crippen molar-refractivity contribution < 1.29 is 28.6 Å². The Morgan fingerprint density at radius 1 is 0.750 bits per heavy atom. The summed E-state index contributed by atoms with van der Waals surface area (Å²) in [5, 5.41) is 2.96. The molecule has 0 heterocycles. The highest BCUT2D eigenvalue weighted by Gasteiger charge is 2.20. The number of nitrogens with one attached hydrogen (secondary N) is 1. The summed E-state index contributed by atoms with van der Waals surface area (Å²) in [5.74, 6) is 0.0945. The van der Waals surface area contributed by atoms with Crippen LogP contribution in [0.2, 0.25) is 0 Å². The van der Waals surface area contributed by atoms with Gasteiger partial charge in [-0.2, -0.15) is 0 Å². The van der Waals surface area contributed by atoms with Crippen LogP contribution in [0.5, 0.6) is 0 Å².